The molecule has 0 atom stereocenters. The number of hydrogen-bond acceptors (Lipinski definition) is 4. The highest BCUT2D eigenvalue weighted by Gasteiger charge is 2.15. The van der Waals surface area contributed by atoms with Crippen LogP contribution in [0.4, 0.5) is 15.2 Å². The maximum absolute atomic E-state index is 13.3. The molecule has 0 aliphatic carbocycles. The van der Waals surface area contributed by atoms with Crippen LogP contribution in [-0.4, -0.2) is 10.9 Å². The molecule has 4 nitrogen and oxygen atoms in total. The Kier molecular flexibility index (Phi) is 3.29. The average molecular weight is 265 g/mol. The van der Waals surface area contributed by atoms with E-state index in [1.54, 1.807) is 26.0 Å². The van der Waals surface area contributed by atoms with Crippen LogP contribution in [0.2, 0.25) is 0 Å². The van der Waals surface area contributed by atoms with Gasteiger partial charge in [0.1, 0.15) is 10.7 Å². The number of nitrogens with two attached hydrogens (primary N) is 1. The highest BCUT2D eigenvalue weighted by molar-refractivity contribution is 7.17. The molecule has 0 saturated heterocycles. The third kappa shape index (κ3) is 2.33. The molecule has 1 aromatic carbocycles. The molecule has 0 spiro atoms. The summed E-state index contributed by atoms with van der Waals surface area (Å²) >= 11 is 1.11. The molecule has 0 fully saturated rings. The van der Waals surface area contributed by atoms with Gasteiger partial charge in [-0.2, -0.15) is 0 Å². The summed E-state index contributed by atoms with van der Waals surface area (Å²) in [6, 6.07) is 4.54. The van der Waals surface area contributed by atoms with Crippen molar-refractivity contribution in [3.05, 3.63) is 40.2 Å². The molecule has 1 heterocycles. The Morgan fingerprint density at radius 1 is 1.44 bits per heavy atom. The van der Waals surface area contributed by atoms with Gasteiger partial charge in [0.2, 0.25) is 0 Å². The van der Waals surface area contributed by atoms with Gasteiger partial charge in [0.25, 0.3) is 5.91 Å². The number of halogens is 1. The Labute approximate surface area is 108 Å². The lowest BCUT2D eigenvalue weighted by Gasteiger charge is -2.07. The number of rotatable bonds is 2. The number of carbonyl (C=O) groups is 1. The van der Waals surface area contributed by atoms with E-state index in [1.165, 1.54) is 6.07 Å². The summed E-state index contributed by atoms with van der Waals surface area (Å²) in [5.41, 5.74) is 6.96. The van der Waals surface area contributed by atoms with Crippen molar-refractivity contribution in [1.29, 1.82) is 0 Å². The number of carbonyl (C=O) groups excluding carboxylic acids is 1. The maximum atomic E-state index is 13.3. The highest BCUT2D eigenvalue weighted by atomic mass is 32.1. The summed E-state index contributed by atoms with van der Waals surface area (Å²) in [7, 11) is 0. The van der Waals surface area contributed by atoms with Gasteiger partial charge in [-0.05, 0) is 26.0 Å². The molecule has 2 aromatic rings. The molecule has 0 bridgehead atoms. The highest BCUT2D eigenvalue weighted by Crippen LogP contribution is 2.23. The standard InChI is InChI=1S/C12H12FN3OS/c1-6-8(13)4-3-5-9(6)16-11(17)10-7(2)15-12(14)18-10/h3-5H,1-2H3,(H2,14,15)(H,16,17). The number of thiazole rings is 1. The number of nitrogens with one attached hydrogen (secondary N) is 1. The fourth-order valence-electron chi connectivity index (χ4n) is 1.55. The lowest BCUT2D eigenvalue weighted by molar-refractivity contribution is 0.102. The second kappa shape index (κ2) is 4.73. The van der Waals surface area contributed by atoms with E-state index in [-0.39, 0.29) is 11.7 Å². The van der Waals surface area contributed by atoms with E-state index in [4.69, 9.17) is 5.73 Å². The zero-order valence-electron chi connectivity index (χ0n) is 9.95. The lowest BCUT2D eigenvalue weighted by atomic mass is 10.2. The number of amides is 1. The van der Waals surface area contributed by atoms with E-state index in [2.05, 4.69) is 10.3 Å². The van der Waals surface area contributed by atoms with Gasteiger partial charge < -0.3 is 11.1 Å². The molecule has 0 saturated carbocycles. The molecular formula is C12H12FN3OS. The SMILES string of the molecule is Cc1nc(N)sc1C(=O)Nc1cccc(F)c1C. The van der Waals surface area contributed by atoms with Gasteiger partial charge in [0.05, 0.1) is 5.69 Å². The van der Waals surface area contributed by atoms with Gasteiger partial charge in [0, 0.05) is 11.3 Å². The zero-order chi connectivity index (χ0) is 13.3. The van der Waals surface area contributed by atoms with Crippen LogP contribution >= 0.6 is 11.3 Å². The first-order valence-electron chi connectivity index (χ1n) is 5.28. The van der Waals surface area contributed by atoms with Crippen LogP contribution in [0.5, 0.6) is 0 Å². The summed E-state index contributed by atoms with van der Waals surface area (Å²) in [6.07, 6.45) is 0. The van der Waals surface area contributed by atoms with Crippen LogP contribution in [0, 0.1) is 19.7 Å². The van der Waals surface area contributed by atoms with Crippen molar-refractivity contribution in [2.75, 3.05) is 11.1 Å². The van der Waals surface area contributed by atoms with Crippen molar-refractivity contribution < 1.29 is 9.18 Å². The van der Waals surface area contributed by atoms with Gasteiger partial charge >= 0.3 is 0 Å². The third-order valence-corrected chi connectivity index (χ3v) is 3.52. The average Bonchev–Trinajstić information content (AvgIpc) is 2.64. The molecule has 18 heavy (non-hydrogen) atoms. The summed E-state index contributed by atoms with van der Waals surface area (Å²) < 4.78 is 13.3. The molecule has 1 aromatic heterocycles. The van der Waals surface area contributed by atoms with Gasteiger partial charge in [-0.3, -0.25) is 4.79 Å². The summed E-state index contributed by atoms with van der Waals surface area (Å²) in [6.45, 7) is 3.32. The normalized spacial score (nSPS) is 10.4. The van der Waals surface area contributed by atoms with Gasteiger partial charge in [-0.15, -0.1) is 0 Å². The van der Waals surface area contributed by atoms with E-state index >= 15 is 0 Å². The smallest absolute Gasteiger partial charge is 0.267 e. The number of aryl methyl sites for hydroxylation is 1. The van der Waals surface area contributed by atoms with E-state index in [0.29, 0.717) is 27.0 Å². The predicted octanol–water partition coefficient (Wildman–Crippen LogP) is 2.73. The molecule has 2 rings (SSSR count). The van der Waals surface area contributed by atoms with E-state index < -0.39 is 0 Å². The van der Waals surface area contributed by atoms with Crippen molar-refractivity contribution in [3.8, 4) is 0 Å². The van der Waals surface area contributed by atoms with Gasteiger partial charge in [-0.1, -0.05) is 17.4 Å². The van der Waals surface area contributed by atoms with Crippen molar-refractivity contribution in [2.24, 2.45) is 0 Å². The quantitative estimate of drug-likeness (QED) is 0.877. The van der Waals surface area contributed by atoms with Gasteiger partial charge in [0.15, 0.2) is 5.13 Å². The summed E-state index contributed by atoms with van der Waals surface area (Å²) in [4.78, 5) is 16.4. The molecule has 0 aliphatic heterocycles. The molecule has 6 heteroatoms. The molecule has 0 radical (unpaired) electrons. The molecular weight excluding hydrogens is 253 g/mol. The number of hydrogen-bond donors (Lipinski definition) is 2. The van der Waals surface area contributed by atoms with Crippen molar-refractivity contribution in [2.45, 2.75) is 13.8 Å². The lowest BCUT2D eigenvalue weighted by Crippen LogP contribution is -2.12. The van der Waals surface area contributed by atoms with Crippen molar-refractivity contribution in [1.82, 2.24) is 4.98 Å². The number of anilines is 2. The van der Waals surface area contributed by atoms with Crippen LogP contribution in [-0.2, 0) is 0 Å². The van der Waals surface area contributed by atoms with Crippen LogP contribution in [0.3, 0.4) is 0 Å². The largest absolute Gasteiger partial charge is 0.375 e. The molecule has 0 unspecified atom stereocenters. The number of nitrogen functional groups attached to an aromatic ring is 1. The van der Waals surface area contributed by atoms with E-state index in [9.17, 15) is 9.18 Å². The minimum atomic E-state index is -0.353. The monoisotopic (exact) mass is 265 g/mol. The fourth-order valence-corrected chi connectivity index (χ4v) is 2.28. The first-order chi connectivity index (χ1) is 8.49. The van der Waals surface area contributed by atoms with Crippen molar-refractivity contribution >= 4 is 28.1 Å². The topological polar surface area (TPSA) is 68.0 Å². The van der Waals surface area contributed by atoms with Crippen LogP contribution in [0.15, 0.2) is 18.2 Å². The Balaban J connectivity index is 2.27. The summed E-state index contributed by atoms with van der Waals surface area (Å²) in [5.74, 6) is -0.677. The second-order valence-electron chi connectivity index (χ2n) is 3.83. The van der Waals surface area contributed by atoms with Crippen molar-refractivity contribution in [3.63, 3.8) is 0 Å². The molecule has 94 valence electrons. The zero-order valence-corrected chi connectivity index (χ0v) is 10.8. The number of aromatic nitrogens is 1. The third-order valence-electron chi connectivity index (χ3n) is 2.54. The molecule has 1 amide bonds. The number of benzene rings is 1. The van der Waals surface area contributed by atoms with Crippen LogP contribution in [0.1, 0.15) is 20.9 Å². The second-order valence-corrected chi connectivity index (χ2v) is 4.86. The van der Waals surface area contributed by atoms with Crippen LogP contribution < -0.4 is 11.1 Å². The Morgan fingerprint density at radius 3 is 2.78 bits per heavy atom. The molecule has 3 N–H and O–H groups in total. The Morgan fingerprint density at radius 2 is 2.17 bits per heavy atom. The Hall–Kier alpha value is -1.95. The minimum absolute atomic E-state index is 0.324. The van der Waals surface area contributed by atoms with E-state index in [1.807, 2.05) is 0 Å². The summed E-state index contributed by atoms with van der Waals surface area (Å²) in [5, 5.41) is 3.00. The maximum Gasteiger partial charge on any atom is 0.267 e. The fraction of sp³-hybridized carbons (Fsp3) is 0.167. The first-order valence-corrected chi connectivity index (χ1v) is 6.10. The first kappa shape index (κ1) is 12.5. The Bertz CT molecular complexity index is 609. The van der Waals surface area contributed by atoms with E-state index in [0.717, 1.165) is 11.3 Å². The predicted molar refractivity (Wildman–Crippen MR) is 70.4 cm³/mol. The van der Waals surface area contributed by atoms with Crippen LogP contribution in [0.25, 0.3) is 0 Å². The minimum Gasteiger partial charge on any atom is -0.375 e. The number of nitrogens with zero attached hydrogens (tertiary/aromatic N) is 1. The van der Waals surface area contributed by atoms with Gasteiger partial charge in [-0.25, -0.2) is 9.37 Å². The molecule has 0 aliphatic rings.